The van der Waals surface area contributed by atoms with E-state index in [-0.39, 0.29) is 23.3 Å². The largest absolute Gasteiger partial charge is 0.379 e. The summed E-state index contributed by atoms with van der Waals surface area (Å²) in [5.41, 5.74) is 1.68. The molecule has 0 aromatic heterocycles. The second kappa shape index (κ2) is 7.46. The van der Waals surface area contributed by atoms with Crippen LogP contribution in [0.25, 0.3) is 0 Å². The molecule has 2 aliphatic heterocycles. The van der Waals surface area contributed by atoms with Gasteiger partial charge in [-0.15, -0.1) is 0 Å². The Kier molecular flexibility index (Phi) is 5.09. The van der Waals surface area contributed by atoms with Crippen LogP contribution in [0.5, 0.6) is 0 Å². The summed E-state index contributed by atoms with van der Waals surface area (Å²) in [6.07, 6.45) is 6.72. The highest BCUT2D eigenvalue weighted by Gasteiger charge is 2.45. The maximum atomic E-state index is 12.2. The normalized spacial score (nSPS) is 26.5. The molecule has 3 fully saturated rings. The van der Waals surface area contributed by atoms with E-state index in [0.717, 1.165) is 51.9 Å². The third kappa shape index (κ3) is 4.06. The van der Waals surface area contributed by atoms with Gasteiger partial charge in [-0.05, 0) is 62.6 Å². The van der Waals surface area contributed by atoms with Gasteiger partial charge < -0.3 is 15.0 Å². The summed E-state index contributed by atoms with van der Waals surface area (Å²) < 4.78 is 5.71. The standard InChI is InChI=1S/C21H30N2O2/c24-20(18-6-7-18)22-19-16-25-15-11-21(19)9-13-23(14-10-21)12-8-17-4-2-1-3-5-17/h1-5,18-19H,6-16H2,(H,22,24)/t19-/m1/s1. The van der Waals surface area contributed by atoms with Crippen LogP contribution in [-0.4, -0.2) is 49.7 Å². The first-order valence-corrected chi connectivity index (χ1v) is 9.90. The number of carbonyl (C=O) groups excluding carboxylic acids is 1. The van der Waals surface area contributed by atoms with E-state index in [1.165, 1.54) is 18.4 Å². The van der Waals surface area contributed by atoms with Gasteiger partial charge in [0.25, 0.3) is 0 Å². The van der Waals surface area contributed by atoms with Gasteiger partial charge in [-0.2, -0.15) is 0 Å². The van der Waals surface area contributed by atoms with E-state index in [4.69, 9.17) is 4.74 Å². The van der Waals surface area contributed by atoms with Gasteiger partial charge in [-0.25, -0.2) is 0 Å². The number of hydrogen-bond acceptors (Lipinski definition) is 3. The fourth-order valence-electron chi connectivity index (χ4n) is 4.41. The summed E-state index contributed by atoms with van der Waals surface area (Å²) in [7, 11) is 0. The number of hydrogen-bond donors (Lipinski definition) is 1. The molecule has 1 atom stereocenters. The first-order valence-electron chi connectivity index (χ1n) is 9.90. The van der Waals surface area contributed by atoms with E-state index in [1.807, 2.05) is 0 Å². The summed E-state index contributed by atoms with van der Waals surface area (Å²) in [6, 6.07) is 11.0. The van der Waals surface area contributed by atoms with Crippen molar-refractivity contribution in [3.8, 4) is 0 Å². The number of piperidine rings is 1. The molecule has 1 N–H and O–H groups in total. The number of benzene rings is 1. The van der Waals surface area contributed by atoms with Crippen molar-refractivity contribution in [2.75, 3.05) is 32.8 Å². The van der Waals surface area contributed by atoms with Crippen LogP contribution in [0.4, 0.5) is 0 Å². The summed E-state index contributed by atoms with van der Waals surface area (Å²) >= 11 is 0. The van der Waals surface area contributed by atoms with Crippen LogP contribution in [0.3, 0.4) is 0 Å². The number of ether oxygens (including phenoxy) is 1. The van der Waals surface area contributed by atoms with Crippen molar-refractivity contribution in [1.29, 1.82) is 0 Å². The molecule has 25 heavy (non-hydrogen) atoms. The van der Waals surface area contributed by atoms with Gasteiger partial charge in [-0.1, -0.05) is 30.3 Å². The summed E-state index contributed by atoms with van der Waals surface area (Å²) in [5, 5.41) is 3.33. The first-order chi connectivity index (χ1) is 12.3. The SMILES string of the molecule is O=C(N[C@@H]1COCCC12CCN(CCc1ccccc1)CC2)C1CC1. The zero-order valence-electron chi connectivity index (χ0n) is 15.1. The second-order valence-corrected chi connectivity index (χ2v) is 8.10. The van der Waals surface area contributed by atoms with Crippen molar-refractivity contribution in [3.63, 3.8) is 0 Å². The minimum absolute atomic E-state index is 0.214. The van der Waals surface area contributed by atoms with E-state index in [1.54, 1.807) is 0 Å². The molecule has 0 bridgehead atoms. The van der Waals surface area contributed by atoms with Crippen LogP contribution in [0.15, 0.2) is 30.3 Å². The number of amides is 1. The number of nitrogens with zero attached hydrogens (tertiary/aromatic N) is 1. The predicted molar refractivity (Wildman–Crippen MR) is 98.3 cm³/mol. The summed E-state index contributed by atoms with van der Waals surface area (Å²) in [6.45, 7) is 4.96. The van der Waals surface area contributed by atoms with E-state index >= 15 is 0 Å². The van der Waals surface area contributed by atoms with Crippen LogP contribution in [0.1, 0.15) is 37.7 Å². The van der Waals surface area contributed by atoms with Gasteiger partial charge in [-0.3, -0.25) is 4.79 Å². The van der Waals surface area contributed by atoms with Gasteiger partial charge in [0.05, 0.1) is 12.6 Å². The average molecular weight is 342 g/mol. The molecule has 1 aliphatic carbocycles. The third-order valence-electron chi connectivity index (χ3n) is 6.44. The Balaban J connectivity index is 1.31. The second-order valence-electron chi connectivity index (χ2n) is 8.10. The molecule has 136 valence electrons. The van der Waals surface area contributed by atoms with Crippen LogP contribution in [0.2, 0.25) is 0 Å². The third-order valence-corrected chi connectivity index (χ3v) is 6.44. The highest BCUT2D eigenvalue weighted by molar-refractivity contribution is 5.81. The molecule has 1 aromatic rings. The monoisotopic (exact) mass is 342 g/mol. The van der Waals surface area contributed by atoms with Gasteiger partial charge in [0.1, 0.15) is 0 Å². The van der Waals surface area contributed by atoms with E-state index in [2.05, 4.69) is 40.5 Å². The molecule has 4 rings (SSSR count). The van der Waals surface area contributed by atoms with Gasteiger partial charge in [0.2, 0.25) is 5.91 Å². The van der Waals surface area contributed by atoms with Gasteiger partial charge >= 0.3 is 0 Å². The Morgan fingerprint density at radius 1 is 1.16 bits per heavy atom. The molecule has 2 saturated heterocycles. The number of carbonyl (C=O) groups is 1. The van der Waals surface area contributed by atoms with Crippen molar-refractivity contribution < 1.29 is 9.53 Å². The molecule has 4 nitrogen and oxygen atoms in total. The lowest BCUT2D eigenvalue weighted by molar-refractivity contribution is -0.127. The first kappa shape index (κ1) is 17.0. The van der Waals surface area contributed by atoms with Crippen molar-refractivity contribution in [3.05, 3.63) is 35.9 Å². The van der Waals surface area contributed by atoms with Crippen LogP contribution in [-0.2, 0) is 16.0 Å². The zero-order chi connectivity index (χ0) is 17.1. The zero-order valence-corrected chi connectivity index (χ0v) is 15.1. The van der Waals surface area contributed by atoms with Crippen LogP contribution < -0.4 is 5.32 Å². The molecule has 1 saturated carbocycles. The number of nitrogens with one attached hydrogen (secondary N) is 1. The lowest BCUT2D eigenvalue weighted by atomic mass is 9.69. The summed E-state index contributed by atoms with van der Waals surface area (Å²) in [4.78, 5) is 14.8. The van der Waals surface area contributed by atoms with Crippen molar-refractivity contribution in [2.24, 2.45) is 11.3 Å². The molecule has 2 heterocycles. The Labute approximate surface area is 150 Å². The van der Waals surface area contributed by atoms with E-state index in [0.29, 0.717) is 6.61 Å². The molecule has 0 unspecified atom stereocenters. The fraction of sp³-hybridized carbons (Fsp3) is 0.667. The van der Waals surface area contributed by atoms with E-state index in [9.17, 15) is 4.79 Å². The van der Waals surface area contributed by atoms with E-state index < -0.39 is 0 Å². The minimum Gasteiger partial charge on any atom is -0.379 e. The molecular weight excluding hydrogens is 312 g/mol. The van der Waals surface area contributed by atoms with Crippen LogP contribution in [0, 0.1) is 11.3 Å². The van der Waals surface area contributed by atoms with Crippen molar-refractivity contribution in [2.45, 2.75) is 44.6 Å². The van der Waals surface area contributed by atoms with Crippen molar-refractivity contribution >= 4 is 5.91 Å². The minimum atomic E-state index is 0.214. The topological polar surface area (TPSA) is 41.6 Å². The highest BCUT2D eigenvalue weighted by Crippen LogP contribution is 2.41. The molecule has 3 aliphatic rings. The Morgan fingerprint density at radius 3 is 2.64 bits per heavy atom. The Morgan fingerprint density at radius 2 is 1.92 bits per heavy atom. The number of rotatable bonds is 5. The molecule has 1 amide bonds. The van der Waals surface area contributed by atoms with Crippen molar-refractivity contribution in [1.82, 2.24) is 10.2 Å². The maximum Gasteiger partial charge on any atom is 0.223 e. The van der Waals surface area contributed by atoms with Gasteiger partial charge in [0, 0.05) is 19.1 Å². The summed E-state index contributed by atoms with van der Waals surface area (Å²) in [5.74, 6) is 0.548. The molecule has 4 heteroatoms. The quantitative estimate of drug-likeness (QED) is 0.894. The average Bonchev–Trinajstić information content (AvgIpc) is 3.49. The maximum absolute atomic E-state index is 12.2. The predicted octanol–water partition coefficient (Wildman–Crippen LogP) is 2.63. The highest BCUT2D eigenvalue weighted by atomic mass is 16.5. The molecule has 0 radical (unpaired) electrons. The number of likely N-dealkylation sites (tertiary alicyclic amines) is 1. The fourth-order valence-corrected chi connectivity index (χ4v) is 4.41. The Hall–Kier alpha value is -1.39. The van der Waals surface area contributed by atoms with Gasteiger partial charge in [0.15, 0.2) is 0 Å². The lowest BCUT2D eigenvalue weighted by Crippen LogP contribution is -2.57. The smallest absolute Gasteiger partial charge is 0.223 e. The lowest BCUT2D eigenvalue weighted by Gasteiger charge is -2.49. The molecular formula is C21H30N2O2. The van der Waals surface area contributed by atoms with Crippen LogP contribution >= 0.6 is 0 Å². The molecule has 1 spiro atoms. The Bertz CT molecular complexity index is 577. The molecule has 1 aromatic carbocycles.